The van der Waals surface area contributed by atoms with Gasteiger partial charge in [-0.05, 0) is 31.2 Å². The van der Waals surface area contributed by atoms with Gasteiger partial charge in [0.05, 0.1) is 11.7 Å². The number of aromatic amines is 1. The van der Waals surface area contributed by atoms with Gasteiger partial charge in [0.1, 0.15) is 6.61 Å². The van der Waals surface area contributed by atoms with Gasteiger partial charge < -0.3 is 10.1 Å². The number of H-pyrrole nitrogens is 1. The van der Waals surface area contributed by atoms with E-state index < -0.39 is 11.8 Å². The Kier molecular flexibility index (Phi) is 5.46. The van der Waals surface area contributed by atoms with E-state index in [1.54, 1.807) is 4.90 Å². The Balaban J connectivity index is 1.37. The highest BCUT2D eigenvalue weighted by molar-refractivity contribution is 5.98. The summed E-state index contributed by atoms with van der Waals surface area (Å²) in [6.45, 7) is 0.721. The number of nitrogens with zero attached hydrogens (tertiary/aromatic N) is 2. The molecule has 1 aromatic carbocycles. The molecular formula is C20H22N4O5. The van der Waals surface area contributed by atoms with Crippen molar-refractivity contribution in [3.63, 3.8) is 0 Å². The number of fused-ring (bicyclic) bond motifs is 1. The fourth-order valence-electron chi connectivity index (χ4n) is 3.77. The van der Waals surface area contributed by atoms with Crippen LogP contribution in [0.3, 0.4) is 0 Å². The van der Waals surface area contributed by atoms with E-state index in [0.29, 0.717) is 37.2 Å². The van der Waals surface area contributed by atoms with Crippen molar-refractivity contribution in [2.45, 2.75) is 44.8 Å². The molecule has 1 atom stereocenters. The van der Waals surface area contributed by atoms with Gasteiger partial charge in [-0.1, -0.05) is 35.5 Å². The highest BCUT2D eigenvalue weighted by Gasteiger charge is 2.42. The van der Waals surface area contributed by atoms with Crippen LogP contribution >= 0.6 is 0 Å². The smallest absolute Gasteiger partial charge is 0.438 e. The summed E-state index contributed by atoms with van der Waals surface area (Å²) in [5.41, 5.74) is 2.29. The monoisotopic (exact) mass is 398 g/mol. The minimum absolute atomic E-state index is 0.125. The molecule has 152 valence electrons. The van der Waals surface area contributed by atoms with Gasteiger partial charge in [0.2, 0.25) is 5.91 Å². The summed E-state index contributed by atoms with van der Waals surface area (Å²) in [6, 6.07) is 9.35. The molecule has 1 saturated heterocycles. The SMILES string of the molecule is O=C1N[C@H]2CCN(C(=O)OCc3ccccc3)C2=C1CCCCc1noc(=O)[nH]1. The molecule has 9 nitrogen and oxygen atoms in total. The number of hydrogen-bond acceptors (Lipinski definition) is 6. The summed E-state index contributed by atoms with van der Waals surface area (Å²) in [6.07, 6.45) is 2.81. The highest BCUT2D eigenvalue weighted by Crippen LogP contribution is 2.33. The first-order valence-corrected chi connectivity index (χ1v) is 9.69. The third-order valence-electron chi connectivity index (χ3n) is 5.15. The fraction of sp³-hybridized carbons (Fsp3) is 0.400. The van der Waals surface area contributed by atoms with Crippen LogP contribution in [0.4, 0.5) is 4.79 Å². The Hall–Kier alpha value is -3.36. The second-order valence-corrected chi connectivity index (χ2v) is 7.12. The molecule has 1 fully saturated rings. The van der Waals surface area contributed by atoms with Crippen molar-refractivity contribution < 1.29 is 18.8 Å². The van der Waals surface area contributed by atoms with Crippen LogP contribution in [0, 0.1) is 0 Å². The predicted molar refractivity (Wildman–Crippen MR) is 102 cm³/mol. The Morgan fingerprint density at radius 3 is 2.76 bits per heavy atom. The van der Waals surface area contributed by atoms with Gasteiger partial charge in [-0.3, -0.25) is 19.2 Å². The van der Waals surface area contributed by atoms with Crippen LogP contribution in [0.5, 0.6) is 0 Å². The lowest BCUT2D eigenvalue weighted by Gasteiger charge is -2.19. The number of carbonyl (C=O) groups is 2. The van der Waals surface area contributed by atoms with Crippen molar-refractivity contribution in [1.82, 2.24) is 20.4 Å². The zero-order chi connectivity index (χ0) is 20.2. The fourth-order valence-corrected chi connectivity index (χ4v) is 3.77. The second kappa shape index (κ2) is 8.34. The maximum atomic E-state index is 12.6. The van der Waals surface area contributed by atoms with Crippen LogP contribution in [0.2, 0.25) is 0 Å². The number of likely N-dealkylation sites (tertiary alicyclic amines) is 1. The summed E-state index contributed by atoms with van der Waals surface area (Å²) in [4.78, 5) is 40.0. The number of unbranched alkanes of at least 4 members (excludes halogenated alkanes) is 1. The Morgan fingerprint density at radius 2 is 2.00 bits per heavy atom. The number of aromatic nitrogens is 2. The summed E-state index contributed by atoms with van der Waals surface area (Å²) in [5.74, 6) is -0.202. The maximum absolute atomic E-state index is 12.6. The van der Waals surface area contributed by atoms with Gasteiger partial charge in [-0.15, -0.1) is 0 Å². The average Bonchev–Trinajstić information content (AvgIpc) is 3.40. The van der Waals surface area contributed by atoms with Gasteiger partial charge in [-0.2, -0.15) is 0 Å². The zero-order valence-corrected chi connectivity index (χ0v) is 15.8. The van der Waals surface area contributed by atoms with E-state index in [1.807, 2.05) is 30.3 Å². The molecule has 29 heavy (non-hydrogen) atoms. The van der Waals surface area contributed by atoms with E-state index in [2.05, 4.69) is 20.0 Å². The van der Waals surface area contributed by atoms with Gasteiger partial charge in [0, 0.05) is 18.5 Å². The quantitative estimate of drug-likeness (QED) is 0.688. The second-order valence-electron chi connectivity index (χ2n) is 7.12. The number of hydrogen-bond donors (Lipinski definition) is 2. The molecule has 1 aromatic heterocycles. The molecule has 0 bridgehead atoms. The van der Waals surface area contributed by atoms with E-state index in [-0.39, 0.29) is 18.6 Å². The van der Waals surface area contributed by atoms with Crippen molar-refractivity contribution in [2.75, 3.05) is 6.54 Å². The maximum Gasteiger partial charge on any atom is 0.438 e. The molecule has 2 aliphatic heterocycles. The van der Waals surface area contributed by atoms with Crippen LogP contribution in [0.25, 0.3) is 0 Å². The normalized spacial score (nSPS) is 18.1. The molecule has 2 aromatic rings. The van der Waals surface area contributed by atoms with Crippen molar-refractivity contribution in [3.8, 4) is 0 Å². The Labute approximate surface area is 166 Å². The molecular weight excluding hydrogens is 376 g/mol. The lowest BCUT2D eigenvalue weighted by molar-refractivity contribution is -0.117. The van der Waals surface area contributed by atoms with Crippen molar-refractivity contribution in [3.05, 3.63) is 63.5 Å². The van der Waals surface area contributed by atoms with Crippen molar-refractivity contribution >= 4 is 12.0 Å². The topological polar surface area (TPSA) is 118 Å². The number of nitrogens with one attached hydrogen (secondary N) is 2. The first-order valence-electron chi connectivity index (χ1n) is 9.69. The molecule has 4 rings (SSSR count). The lowest BCUT2D eigenvalue weighted by Crippen LogP contribution is -2.29. The van der Waals surface area contributed by atoms with Crippen LogP contribution in [0.1, 0.15) is 37.1 Å². The van der Waals surface area contributed by atoms with Crippen LogP contribution < -0.4 is 11.1 Å². The predicted octanol–water partition coefficient (Wildman–Crippen LogP) is 1.87. The van der Waals surface area contributed by atoms with Gasteiger partial charge in [0.15, 0.2) is 5.82 Å². The lowest BCUT2D eigenvalue weighted by atomic mass is 10.0. The molecule has 0 radical (unpaired) electrons. The largest absolute Gasteiger partial charge is 0.444 e. The van der Waals surface area contributed by atoms with Gasteiger partial charge in [-0.25, -0.2) is 9.59 Å². The zero-order valence-electron chi connectivity index (χ0n) is 15.8. The van der Waals surface area contributed by atoms with E-state index >= 15 is 0 Å². The van der Waals surface area contributed by atoms with E-state index in [0.717, 1.165) is 24.1 Å². The van der Waals surface area contributed by atoms with Crippen molar-refractivity contribution in [2.24, 2.45) is 0 Å². The molecule has 0 saturated carbocycles. The standard InChI is InChI=1S/C20H22N4O5/c25-18-14(8-4-5-9-16-22-19(26)29-23-16)17-15(21-18)10-11-24(17)20(27)28-12-13-6-2-1-3-7-13/h1-3,6-7,15H,4-5,8-12H2,(H,21,25)(H,22,23,26)/t15-/m0/s1. The van der Waals surface area contributed by atoms with Crippen LogP contribution in [0.15, 0.2) is 50.9 Å². The first kappa shape index (κ1) is 19.0. The van der Waals surface area contributed by atoms with Crippen LogP contribution in [-0.4, -0.2) is 39.6 Å². The summed E-state index contributed by atoms with van der Waals surface area (Å²) in [5, 5.41) is 6.58. The molecule has 2 aliphatic rings. The first-order chi connectivity index (χ1) is 14.1. The number of benzene rings is 1. The highest BCUT2D eigenvalue weighted by atomic mass is 16.6. The summed E-state index contributed by atoms with van der Waals surface area (Å²) < 4.78 is 9.92. The Bertz CT molecular complexity index is 978. The molecule has 0 aliphatic carbocycles. The number of rotatable bonds is 7. The van der Waals surface area contributed by atoms with E-state index in [4.69, 9.17) is 4.74 Å². The number of ether oxygens (including phenoxy) is 1. The number of amides is 2. The summed E-state index contributed by atoms with van der Waals surface area (Å²) in [7, 11) is 0. The minimum atomic E-state index is -0.571. The Morgan fingerprint density at radius 1 is 1.21 bits per heavy atom. The molecule has 9 heteroatoms. The number of carbonyl (C=O) groups excluding carboxylic acids is 2. The average molecular weight is 398 g/mol. The molecule has 0 unspecified atom stereocenters. The molecule has 0 spiro atoms. The van der Waals surface area contributed by atoms with Gasteiger partial charge in [0.25, 0.3) is 0 Å². The van der Waals surface area contributed by atoms with E-state index in [9.17, 15) is 14.4 Å². The summed E-state index contributed by atoms with van der Waals surface area (Å²) >= 11 is 0. The molecule has 2 N–H and O–H groups in total. The van der Waals surface area contributed by atoms with Gasteiger partial charge >= 0.3 is 11.8 Å². The minimum Gasteiger partial charge on any atom is -0.444 e. The third-order valence-corrected chi connectivity index (χ3v) is 5.15. The number of aryl methyl sites for hydroxylation is 1. The van der Waals surface area contributed by atoms with Crippen LogP contribution in [-0.2, 0) is 22.6 Å². The van der Waals surface area contributed by atoms with Crippen molar-refractivity contribution in [1.29, 1.82) is 0 Å². The third kappa shape index (κ3) is 4.23. The molecule has 2 amide bonds. The van der Waals surface area contributed by atoms with E-state index in [1.165, 1.54) is 0 Å². The molecule has 3 heterocycles.